The van der Waals surface area contributed by atoms with Crippen LogP contribution in [0.1, 0.15) is 68.0 Å². The predicted octanol–water partition coefficient (Wildman–Crippen LogP) is 9.15. The molecule has 0 bridgehead atoms. The zero-order valence-electron chi connectivity index (χ0n) is 21.8. The molecule has 0 saturated heterocycles. The topological polar surface area (TPSA) is 24.9 Å². The molecule has 37 heavy (non-hydrogen) atoms. The van der Waals surface area contributed by atoms with Crippen molar-refractivity contribution in [3.63, 3.8) is 0 Å². The van der Waals surface area contributed by atoms with E-state index in [0.717, 1.165) is 22.5 Å². The first-order chi connectivity index (χ1) is 17.5. The molecule has 0 aliphatic carbocycles. The molecular weight excluding hydrogens is 594 g/mol. The number of nitrogens with zero attached hydrogens (tertiary/aromatic N) is 1. The van der Waals surface area contributed by atoms with Gasteiger partial charge in [-0.05, 0) is 45.9 Å². The second-order valence-corrected chi connectivity index (χ2v) is 9.99. The van der Waals surface area contributed by atoms with Crippen LogP contribution in [-0.2, 0) is 0 Å². The van der Waals surface area contributed by atoms with Gasteiger partial charge in [-0.25, -0.2) is 0 Å². The molecule has 0 spiro atoms. The Kier molecular flexibility index (Phi) is 9.13. The molecule has 3 heteroatoms. The molecule has 188 valence electrons. The van der Waals surface area contributed by atoms with Crippen LogP contribution >= 0.6 is 0 Å². The smallest absolute Gasteiger partial charge is 0.0715 e. The first-order valence-electron chi connectivity index (χ1n) is 12.8. The maximum absolute atomic E-state index is 5.23. The minimum absolute atomic E-state index is 0. The average molecular weight is 627 g/mol. The third-order valence-electron chi connectivity index (χ3n) is 6.84. The van der Waals surface area contributed by atoms with Gasteiger partial charge in [0, 0.05) is 51.2 Å². The molecule has 0 radical (unpaired) electrons. The van der Waals surface area contributed by atoms with Crippen LogP contribution in [0.15, 0.2) is 103 Å². The third-order valence-corrected chi connectivity index (χ3v) is 6.84. The van der Waals surface area contributed by atoms with Gasteiger partial charge in [-0.15, -0.1) is 5.56 Å². The van der Waals surface area contributed by atoms with Crippen LogP contribution in [0, 0.1) is 46.0 Å². The summed E-state index contributed by atoms with van der Waals surface area (Å²) >= 11 is 0. The number of anilines is 1. The van der Waals surface area contributed by atoms with Crippen molar-refractivity contribution in [3.05, 3.63) is 132 Å². The minimum atomic E-state index is -0.126. The fraction of sp³-hybridized carbons (Fsp3) is 0.206. The van der Waals surface area contributed by atoms with Gasteiger partial charge in [-0.1, -0.05) is 94.4 Å². The van der Waals surface area contributed by atoms with Crippen LogP contribution in [0.5, 0.6) is 0 Å². The molecule has 5 rings (SSSR count). The average Bonchev–Trinajstić information content (AvgIpc) is 2.91. The first kappa shape index (κ1) is 27.4. The Morgan fingerprint density at radius 2 is 1.32 bits per heavy atom. The summed E-state index contributed by atoms with van der Waals surface area (Å²) in [6.07, 6.45) is 0. The molecule has 0 aliphatic rings. The number of rotatable bonds is 7. The third kappa shape index (κ3) is 5.96. The molecule has 4 aromatic carbocycles. The fourth-order valence-corrected chi connectivity index (χ4v) is 4.97. The second-order valence-electron chi connectivity index (χ2n) is 9.99. The van der Waals surface area contributed by atoms with E-state index in [-0.39, 0.29) is 46.0 Å². The number of hydrogen-bond acceptors (Lipinski definition) is 2. The number of fused-ring (bicyclic) bond motifs is 1. The van der Waals surface area contributed by atoms with E-state index in [1.54, 1.807) is 0 Å². The molecule has 1 heterocycles. The summed E-state index contributed by atoms with van der Waals surface area (Å²) in [7, 11) is 0. The molecule has 1 aromatic heterocycles. The summed E-state index contributed by atoms with van der Waals surface area (Å²) in [5.41, 5.74) is 8.05. The Morgan fingerprint density at radius 1 is 0.676 bits per heavy atom. The van der Waals surface area contributed by atoms with Gasteiger partial charge in [0.1, 0.15) is 0 Å². The van der Waals surface area contributed by atoms with Crippen molar-refractivity contribution in [2.75, 3.05) is 5.32 Å². The Balaban J connectivity index is 0.00000320. The van der Waals surface area contributed by atoms with Gasteiger partial charge in [-0.3, -0.25) is 4.98 Å². The fourth-order valence-electron chi connectivity index (χ4n) is 4.97. The minimum Gasteiger partial charge on any atom is -0.374 e. The van der Waals surface area contributed by atoms with Crippen molar-refractivity contribution < 1.29 is 39.9 Å². The van der Waals surface area contributed by atoms with Gasteiger partial charge in [-0.2, -0.15) is 30.3 Å². The Hall–Kier alpha value is -2.59. The Bertz CT molecular complexity index is 1440. The Morgan fingerprint density at radius 3 is 2.03 bits per heavy atom. The van der Waals surface area contributed by atoms with Gasteiger partial charge in [0.05, 0.1) is 17.4 Å². The second kappa shape index (κ2) is 12.3. The van der Waals surface area contributed by atoms with Crippen molar-refractivity contribution in [1.82, 2.24) is 4.98 Å². The van der Waals surface area contributed by atoms with E-state index in [1.807, 2.05) is 12.1 Å². The maximum Gasteiger partial charge on any atom is 0.0715 e. The van der Waals surface area contributed by atoms with E-state index in [0.29, 0.717) is 11.8 Å². The van der Waals surface area contributed by atoms with Crippen LogP contribution < -0.4 is 5.32 Å². The molecular formula is C34H33GdN2-. The Labute approximate surface area is 253 Å². The molecule has 1 atom stereocenters. The monoisotopic (exact) mass is 627 g/mol. The molecule has 1 N–H and O–H groups in total. The molecule has 2 nitrogen and oxygen atoms in total. The molecule has 5 aromatic rings. The predicted molar refractivity (Wildman–Crippen MR) is 153 cm³/mol. The molecule has 0 saturated carbocycles. The van der Waals surface area contributed by atoms with Gasteiger partial charge in [0.2, 0.25) is 0 Å². The van der Waals surface area contributed by atoms with E-state index >= 15 is 0 Å². The number of pyridine rings is 1. The molecule has 0 aliphatic heterocycles. The number of hydrogen-bond donors (Lipinski definition) is 1. The molecule has 0 fully saturated rings. The van der Waals surface area contributed by atoms with Crippen molar-refractivity contribution in [2.45, 2.75) is 45.6 Å². The SMILES string of the molecule is CC(C)c1cccc(C(C)C)c1NC(c1[c-]cccc1)c1cccc(-c2cccc3ccccc23)n1.[Gd]. The summed E-state index contributed by atoms with van der Waals surface area (Å²) in [5.74, 6) is 0.808. The van der Waals surface area contributed by atoms with Gasteiger partial charge in [0.25, 0.3) is 0 Å². The van der Waals surface area contributed by atoms with Gasteiger partial charge >= 0.3 is 0 Å². The summed E-state index contributed by atoms with van der Waals surface area (Å²) in [4.78, 5) is 5.23. The normalized spacial score (nSPS) is 11.9. The largest absolute Gasteiger partial charge is 0.374 e. The van der Waals surface area contributed by atoms with E-state index in [4.69, 9.17) is 4.98 Å². The van der Waals surface area contributed by atoms with Crippen LogP contribution in [0.4, 0.5) is 5.69 Å². The molecule has 1 unspecified atom stereocenters. The van der Waals surface area contributed by atoms with Crippen LogP contribution in [-0.4, -0.2) is 4.98 Å². The number of para-hydroxylation sites is 1. The van der Waals surface area contributed by atoms with Crippen molar-refractivity contribution in [1.29, 1.82) is 0 Å². The summed E-state index contributed by atoms with van der Waals surface area (Å²) in [5, 5.41) is 6.37. The van der Waals surface area contributed by atoms with E-state index in [1.165, 1.54) is 27.6 Å². The zero-order chi connectivity index (χ0) is 25.1. The van der Waals surface area contributed by atoms with Gasteiger partial charge < -0.3 is 5.32 Å². The summed E-state index contributed by atoms with van der Waals surface area (Å²) < 4.78 is 0. The first-order valence-corrected chi connectivity index (χ1v) is 12.8. The zero-order valence-corrected chi connectivity index (χ0v) is 24.1. The quantitative estimate of drug-likeness (QED) is 0.182. The maximum atomic E-state index is 5.23. The number of benzene rings is 4. The summed E-state index contributed by atoms with van der Waals surface area (Å²) in [6, 6.07) is 39.5. The number of nitrogens with one attached hydrogen (secondary N) is 1. The van der Waals surface area contributed by atoms with Crippen molar-refractivity contribution in [2.24, 2.45) is 0 Å². The standard InChI is InChI=1S/C34H33N2.Gd/c1-23(2)27-18-11-19-28(24(3)4)34(27)36-33(26-14-6-5-7-15-26)32-22-12-21-31(35-32)30-20-10-16-25-13-8-9-17-29(25)30;/h5-14,16-24,33,36H,1-4H3;/q-1;. The van der Waals surface area contributed by atoms with E-state index < -0.39 is 0 Å². The van der Waals surface area contributed by atoms with E-state index in [9.17, 15) is 0 Å². The van der Waals surface area contributed by atoms with Gasteiger partial charge in [0.15, 0.2) is 0 Å². The van der Waals surface area contributed by atoms with Crippen LogP contribution in [0.25, 0.3) is 22.0 Å². The van der Waals surface area contributed by atoms with Crippen LogP contribution in [0.3, 0.4) is 0 Å². The van der Waals surface area contributed by atoms with Crippen molar-refractivity contribution >= 4 is 16.5 Å². The van der Waals surface area contributed by atoms with E-state index in [2.05, 4.69) is 130 Å². The molecule has 0 amide bonds. The van der Waals surface area contributed by atoms with Crippen LogP contribution in [0.2, 0.25) is 0 Å². The number of aromatic nitrogens is 1. The summed E-state index contributed by atoms with van der Waals surface area (Å²) in [6.45, 7) is 9.03. The van der Waals surface area contributed by atoms with Crippen molar-refractivity contribution in [3.8, 4) is 11.3 Å².